The molecule has 0 unspecified atom stereocenters. The minimum Gasteiger partial charge on any atom is -0.468 e. The van der Waals surface area contributed by atoms with Crippen molar-refractivity contribution < 1.29 is 4.42 Å². The number of aryl methyl sites for hydroxylation is 1. The maximum Gasteiger partial charge on any atom is 0.117 e. The van der Waals surface area contributed by atoms with E-state index in [4.69, 9.17) is 4.42 Å². The van der Waals surface area contributed by atoms with Crippen LogP contribution in [0, 0.1) is 0 Å². The molecule has 2 heterocycles. The zero-order chi connectivity index (χ0) is 11.1. The number of rotatable bonds is 7. The van der Waals surface area contributed by atoms with Gasteiger partial charge in [-0.25, -0.2) is 4.98 Å². The number of furan rings is 1. The molecule has 2 aromatic rings. The Kier molecular flexibility index (Phi) is 4.19. The first-order valence-electron chi connectivity index (χ1n) is 5.64. The number of hydrogen-bond donors (Lipinski definition) is 1. The fourth-order valence-electron chi connectivity index (χ4n) is 1.59. The van der Waals surface area contributed by atoms with Crippen LogP contribution in [0.2, 0.25) is 0 Å². The molecule has 0 bridgehead atoms. The average Bonchev–Trinajstić information content (AvgIpc) is 2.96. The molecule has 16 heavy (non-hydrogen) atoms. The zero-order valence-corrected chi connectivity index (χ0v) is 9.30. The summed E-state index contributed by atoms with van der Waals surface area (Å²) in [5, 5.41) is 3.35. The highest BCUT2D eigenvalue weighted by Gasteiger charge is 1.94. The van der Waals surface area contributed by atoms with Gasteiger partial charge in [0.25, 0.3) is 0 Å². The maximum absolute atomic E-state index is 5.22. The number of nitrogens with zero attached hydrogens (tertiary/aromatic N) is 2. The molecule has 0 aliphatic carbocycles. The Morgan fingerprint density at radius 3 is 3.12 bits per heavy atom. The minimum absolute atomic E-state index is 0.818. The van der Waals surface area contributed by atoms with Gasteiger partial charge in [-0.15, -0.1) is 0 Å². The second-order valence-electron chi connectivity index (χ2n) is 3.76. The summed E-state index contributed by atoms with van der Waals surface area (Å²) in [5.41, 5.74) is 0. The normalized spacial score (nSPS) is 10.8. The van der Waals surface area contributed by atoms with E-state index in [9.17, 15) is 0 Å². The summed E-state index contributed by atoms with van der Waals surface area (Å²) >= 11 is 0. The molecule has 86 valence electrons. The average molecular weight is 219 g/mol. The molecule has 0 saturated carbocycles. The first kappa shape index (κ1) is 11.0. The summed E-state index contributed by atoms with van der Waals surface area (Å²) < 4.78 is 7.33. The first-order chi connectivity index (χ1) is 7.95. The number of hydrogen-bond acceptors (Lipinski definition) is 3. The molecule has 4 nitrogen and oxygen atoms in total. The first-order valence-corrected chi connectivity index (χ1v) is 5.64. The van der Waals surface area contributed by atoms with E-state index in [0.29, 0.717) is 0 Å². The van der Waals surface area contributed by atoms with Crippen molar-refractivity contribution in [2.45, 2.75) is 25.9 Å². The lowest BCUT2D eigenvalue weighted by Gasteiger charge is -2.03. The molecule has 0 fully saturated rings. The van der Waals surface area contributed by atoms with Crippen molar-refractivity contribution in [3.8, 4) is 0 Å². The smallest absolute Gasteiger partial charge is 0.117 e. The Balaban J connectivity index is 1.49. The van der Waals surface area contributed by atoms with Crippen LogP contribution in [0.4, 0.5) is 0 Å². The SMILES string of the molecule is c1coc(CNCCCCn2ccnc2)c1. The predicted molar refractivity (Wildman–Crippen MR) is 61.9 cm³/mol. The van der Waals surface area contributed by atoms with E-state index in [1.807, 2.05) is 30.9 Å². The zero-order valence-electron chi connectivity index (χ0n) is 9.30. The van der Waals surface area contributed by atoms with Crippen LogP contribution in [-0.2, 0) is 13.1 Å². The fourth-order valence-corrected chi connectivity index (χ4v) is 1.59. The lowest BCUT2D eigenvalue weighted by atomic mass is 10.3. The maximum atomic E-state index is 5.22. The molecule has 0 radical (unpaired) electrons. The highest BCUT2D eigenvalue weighted by atomic mass is 16.3. The topological polar surface area (TPSA) is 43.0 Å². The highest BCUT2D eigenvalue weighted by Crippen LogP contribution is 1.99. The van der Waals surface area contributed by atoms with Crippen molar-refractivity contribution >= 4 is 0 Å². The highest BCUT2D eigenvalue weighted by molar-refractivity contribution is 4.97. The summed E-state index contributed by atoms with van der Waals surface area (Å²) in [4.78, 5) is 4.01. The van der Waals surface area contributed by atoms with Gasteiger partial charge in [-0.3, -0.25) is 0 Å². The lowest BCUT2D eigenvalue weighted by molar-refractivity contribution is 0.475. The van der Waals surface area contributed by atoms with Gasteiger partial charge in [0.15, 0.2) is 0 Å². The van der Waals surface area contributed by atoms with Crippen LogP contribution in [-0.4, -0.2) is 16.1 Å². The van der Waals surface area contributed by atoms with Gasteiger partial charge in [0, 0.05) is 18.9 Å². The van der Waals surface area contributed by atoms with Crippen LogP contribution in [0.5, 0.6) is 0 Å². The molecule has 0 amide bonds. The van der Waals surface area contributed by atoms with Crippen LogP contribution < -0.4 is 5.32 Å². The third-order valence-corrected chi connectivity index (χ3v) is 2.46. The van der Waals surface area contributed by atoms with Crippen LogP contribution >= 0.6 is 0 Å². The van der Waals surface area contributed by atoms with E-state index in [2.05, 4.69) is 14.9 Å². The van der Waals surface area contributed by atoms with Gasteiger partial charge >= 0.3 is 0 Å². The predicted octanol–water partition coefficient (Wildman–Crippen LogP) is 2.05. The third kappa shape index (κ3) is 3.55. The van der Waals surface area contributed by atoms with E-state index in [0.717, 1.165) is 25.4 Å². The van der Waals surface area contributed by atoms with Gasteiger partial charge in [-0.05, 0) is 31.5 Å². The summed E-state index contributed by atoms with van der Waals surface area (Å²) in [6, 6.07) is 3.90. The quantitative estimate of drug-likeness (QED) is 0.725. The molecular weight excluding hydrogens is 202 g/mol. The van der Waals surface area contributed by atoms with Crippen LogP contribution in [0.15, 0.2) is 41.5 Å². The molecule has 2 rings (SSSR count). The second-order valence-corrected chi connectivity index (χ2v) is 3.76. The number of aromatic nitrogens is 2. The van der Waals surface area contributed by atoms with E-state index >= 15 is 0 Å². The van der Waals surface area contributed by atoms with Gasteiger partial charge in [0.05, 0.1) is 19.1 Å². The number of unbranched alkanes of at least 4 members (excludes halogenated alkanes) is 1. The largest absolute Gasteiger partial charge is 0.468 e. The molecule has 0 aromatic carbocycles. The van der Waals surface area contributed by atoms with Crippen LogP contribution in [0.25, 0.3) is 0 Å². The molecule has 0 atom stereocenters. The van der Waals surface area contributed by atoms with Gasteiger partial charge in [0.1, 0.15) is 5.76 Å². The molecular formula is C12H17N3O. The molecule has 0 aliphatic heterocycles. The Morgan fingerprint density at radius 1 is 1.38 bits per heavy atom. The summed E-state index contributed by atoms with van der Waals surface area (Å²) in [7, 11) is 0. The Bertz CT molecular complexity index is 329. The Morgan fingerprint density at radius 2 is 2.38 bits per heavy atom. The summed E-state index contributed by atoms with van der Waals surface area (Å²) in [6.07, 6.45) is 9.71. The van der Waals surface area contributed by atoms with Crippen molar-refractivity contribution in [2.75, 3.05) is 6.54 Å². The van der Waals surface area contributed by atoms with Gasteiger partial charge < -0.3 is 14.3 Å². The van der Waals surface area contributed by atoms with Crippen LogP contribution in [0.1, 0.15) is 18.6 Å². The van der Waals surface area contributed by atoms with Crippen molar-refractivity contribution in [1.82, 2.24) is 14.9 Å². The lowest BCUT2D eigenvalue weighted by Crippen LogP contribution is -2.14. The standard InChI is InChI=1S/C12H17N3O/c1(2-7-15-8-6-14-11-15)5-13-10-12-4-3-9-16-12/h3-4,6,8-9,11,13H,1-2,5,7,10H2. The fraction of sp³-hybridized carbons (Fsp3) is 0.417. The van der Waals surface area contributed by atoms with Crippen LogP contribution in [0.3, 0.4) is 0 Å². The van der Waals surface area contributed by atoms with Crippen molar-refractivity contribution in [3.05, 3.63) is 42.9 Å². The molecule has 0 saturated heterocycles. The van der Waals surface area contributed by atoms with E-state index in [1.54, 1.807) is 6.26 Å². The van der Waals surface area contributed by atoms with Crippen molar-refractivity contribution in [2.24, 2.45) is 0 Å². The van der Waals surface area contributed by atoms with Crippen molar-refractivity contribution in [1.29, 1.82) is 0 Å². The van der Waals surface area contributed by atoms with E-state index in [1.165, 1.54) is 12.8 Å². The Hall–Kier alpha value is -1.55. The summed E-state index contributed by atoms with van der Waals surface area (Å²) in [6.45, 7) is 2.88. The monoisotopic (exact) mass is 219 g/mol. The summed E-state index contributed by atoms with van der Waals surface area (Å²) in [5.74, 6) is 0.995. The number of nitrogens with one attached hydrogen (secondary N) is 1. The number of imidazole rings is 1. The third-order valence-electron chi connectivity index (χ3n) is 2.46. The van der Waals surface area contributed by atoms with Crippen molar-refractivity contribution in [3.63, 3.8) is 0 Å². The minimum atomic E-state index is 0.818. The molecule has 2 aromatic heterocycles. The van der Waals surface area contributed by atoms with Gasteiger partial charge in [-0.2, -0.15) is 0 Å². The molecule has 1 N–H and O–H groups in total. The van der Waals surface area contributed by atoms with E-state index < -0.39 is 0 Å². The Labute approximate surface area is 95.3 Å². The van der Waals surface area contributed by atoms with E-state index in [-0.39, 0.29) is 0 Å². The van der Waals surface area contributed by atoms with Gasteiger partial charge in [0.2, 0.25) is 0 Å². The molecule has 4 heteroatoms. The second kappa shape index (κ2) is 6.12. The molecule has 0 aliphatic rings. The molecule has 0 spiro atoms. The van der Waals surface area contributed by atoms with Gasteiger partial charge in [-0.1, -0.05) is 0 Å².